The van der Waals surface area contributed by atoms with E-state index in [-0.39, 0.29) is 18.1 Å². The Morgan fingerprint density at radius 3 is 2.57 bits per heavy atom. The molecule has 1 saturated carbocycles. The molecule has 28 heavy (non-hydrogen) atoms. The second-order valence-electron chi connectivity index (χ2n) is 7.75. The quantitative estimate of drug-likeness (QED) is 0.817. The van der Waals surface area contributed by atoms with Gasteiger partial charge in [0.25, 0.3) is 0 Å². The van der Waals surface area contributed by atoms with Crippen LogP contribution in [0.25, 0.3) is 0 Å². The first-order valence-electron chi connectivity index (χ1n) is 9.90. The average Bonchev–Trinajstić information content (AvgIpc) is 3.15. The van der Waals surface area contributed by atoms with Gasteiger partial charge in [0.15, 0.2) is 0 Å². The lowest BCUT2D eigenvalue weighted by Crippen LogP contribution is -2.32. The standard InChI is InChI=1S/C21H27N5O2/c1-14-18(20(27)28-17-7-5-4-6-8-17)19(26-21(24-14)22-13-23-26)15-9-11-16(12-10-15)25(2)3/h9-13,17,19H,4-8H2,1-3H3,(H,22,23,24)/t19-/m0/s1. The number of carbonyl (C=O) groups is 1. The Hall–Kier alpha value is -2.83. The zero-order valence-corrected chi connectivity index (χ0v) is 16.7. The van der Waals surface area contributed by atoms with Crippen molar-refractivity contribution in [2.24, 2.45) is 0 Å². The maximum absolute atomic E-state index is 13.2. The van der Waals surface area contributed by atoms with E-state index in [4.69, 9.17) is 4.74 Å². The van der Waals surface area contributed by atoms with Crippen LogP contribution in [0.1, 0.15) is 50.6 Å². The summed E-state index contributed by atoms with van der Waals surface area (Å²) >= 11 is 0. The second-order valence-corrected chi connectivity index (χ2v) is 7.75. The summed E-state index contributed by atoms with van der Waals surface area (Å²) in [4.78, 5) is 19.5. The van der Waals surface area contributed by atoms with Crippen LogP contribution in [0.3, 0.4) is 0 Å². The molecule has 1 aliphatic heterocycles. The second kappa shape index (κ2) is 7.66. The lowest BCUT2D eigenvalue weighted by Gasteiger charge is -2.30. The van der Waals surface area contributed by atoms with Crippen molar-refractivity contribution in [2.45, 2.75) is 51.2 Å². The summed E-state index contributed by atoms with van der Waals surface area (Å²) in [5.41, 5.74) is 3.45. The highest BCUT2D eigenvalue weighted by Gasteiger charge is 2.35. The molecule has 2 heterocycles. The van der Waals surface area contributed by atoms with Crippen LogP contribution in [0, 0.1) is 0 Å². The molecule has 0 radical (unpaired) electrons. The zero-order chi connectivity index (χ0) is 19.7. The van der Waals surface area contributed by atoms with Gasteiger partial charge in [0, 0.05) is 25.5 Å². The summed E-state index contributed by atoms with van der Waals surface area (Å²) in [5.74, 6) is 0.369. The SMILES string of the molecule is CC1=C(C(=O)OC2CCCCC2)[C@H](c2ccc(N(C)C)cc2)n2ncnc2N1. The smallest absolute Gasteiger partial charge is 0.338 e. The number of esters is 1. The number of aromatic nitrogens is 3. The summed E-state index contributed by atoms with van der Waals surface area (Å²) in [6.07, 6.45) is 6.88. The van der Waals surface area contributed by atoms with E-state index in [9.17, 15) is 4.79 Å². The van der Waals surface area contributed by atoms with E-state index in [1.54, 1.807) is 4.68 Å². The van der Waals surface area contributed by atoms with Crippen molar-refractivity contribution in [3.63, 3.8) is 0 Å². The number of ether oxygens (including phenoxy) is 1. The van der Waals surface area contributed by atoms with Gasteiger partial charge in [-0.05, 0) is 50.3 Å². The van der Waals surface area contributed by atoms with E-state index in [1.165, 1.54) is 12.7 Å². The minimum Gasteiger partial charge on any atom is -0.459 e. The van der Waals surface area contributed by atoms with Gasteiger partial charge in [-0.3, -0.25) is 0 Å². The zero-order valence-electron chi connectivity index (χ0n) is 16.7. The maximum atomic E-state index is 13.2. The molecule has 0 saturated heterocycles. The van der Waals surface area contributed by atoms with Crippen molar-refractivity contribution in [3.05, 3.63) is 47.4 Å². The van der Waals surface area contributed by atoms with E-state index >= 15 is 0 Å². The molecule has 1 fully saturated rings. The lowest BCUT2D eigenvalue weighted by atomic mass is 9.94. The summed E-state index contributed by atoms with van der Waals surface area (Å²) in [6, 6.07) is 7.82. The number of nitrogens with zero attached hydrogens (tertiary/aromatic N) is 4. The predicted octanol–water partition coefficient (Wildman–Crippen LogP) is 3.51. The lowest BCUT2D eigenvalue weighted by molar-refractivity contribution is -0.146. The van der Waals surface area contributed by atoms with Crippen molar-refractivity contribution in [2.75, 3.05) is 24.3 Å². The summed E-state index contributed by atoms with van der Waals surface area (Å²) in [7, 11) is 4.01. The fraction of sp³-hybridized carbons (Fsp3) is 0.476. The van der Waals surface area contributed by atoms with Crippen LogP contribution >= 0.6 is 0 Å². The highest BCUT2D eigenvalue weighted by atomic mass is 16.5. The van der Waals surface area contributed by atoms with Gasteiger partial charge in [-0.25, -0.2) is 9.48 Å². The Kier molecular flexibility index (Phi) is 5.07. The van der Waals surface area contributed by atoms with Crippen LogP contribution in [0.4, 0.5) is 11.6 Å². The number of hydrogen-bond acceptors (Lipinski definition) is 6. The van der Waals surface area contributed by atoms with E-state index in [0.717, 1.165) is 42.6 Å². The molecule has 1 aromatic carbocycles. The van der Waals surface area contributed by atoms with Gasteiger partial charge >= 0.3 is 5.97 Å². The Morgan fingerprint density at radius 2 is 1.89 bits per heavy atom. The Morgan fingerprint density at radius 1 is 1.18 bits per heavy atom. The van der Waals surface area contributed by atoms with E-state index in [2.05, 4.69) is 15.4 Å². The molecule has 0 bridgehead atoms. The first-order chi connectivity index (χ1) is 13.5. The third-order valence-electron chi connectivity index (χ3n) is 5.57. The minimum atomic E-state index is -0.356. The van der Waals surface area contributed by atoms with Gasteiger partial charge in [-0.15, -0.1) is 0 Å². The van der Waals surface area contributed by atoms with Gasteiger partial charge in [0.1, 0.15) is 18.5 Å². The Balaban J connectivity index is 1.68. The van der Waals surface area contributed by atoms with Gasteiger partial charge in [0.2, 0.25) is 5.95 Å². The number of carbonyl (C=O) groups excluding carboxylic acids is 1. The molecular formula is C21H27N5O2. The molecule has 148 valence electrons. The number of fused-ring (bicyclic) bond motifs is 1. The molecule has 7 nitrogen and oxygen atoms in total. The maximum Gasteiger partial charge on any atom is 0.338 e. The molecule has 0 unspecified atom stereocenters. The molecule has 0 spiro atoms. The monoisotopic (exact) mass is 381 g/mol. The molecule has 1 N–H and O–H groups in total. The van der Waals surface area contributed by atoms with E-state index in [1.807, 2.05) is 50.2 Å². The number of benzene rings is 1. The van der Waals surface area contributed by atoms with E-state index in [0.29, 0.717) is 11.5 Å². The van der Waals surface area contributed by atoms with Crippen molar-refractivity contribution in [3.8, 4) is 0 Å². The largest absolute Gasteiger partial charge is 0.459 e. The molecule has 4 rings (SSSR count). The molecule has 2 aliphatic rings. The normalized spacial score (nSPS) is 19.8. The van der Waals surface area contributed by atoms with Gasteiger partial charge in [0.05, 0.1) is 5.57 Å². The van der Waals surface area contributed by atoms with Crippen molar-refractivity contribution < 1.29 is 9.53 Å². The third-order valence-corrected chi connectivity index (χ3v) is 5.57. The van der Waals surface area contributed by atoms with Crippen LogP contribution < -0.4 is 10.2 Å². The third kappa shape index (κ3) is 3.48. The van der Waals surface area contributed by atoms with Gasteiger partial charge in [-0.1, -0.05) is 18.6 Å². The Bertz CT molecular complexity index is 878. The first-order valence-corrected chi connectivity index (χ1v) is 9.90. The molecule has 2 aromatic rings. The Labute approximate surface area is 165 Å². The van der Waals surface area contributed by atoms with E-state index < -0.39 is 0 Å². The summed E-state index contributed by atoms with van der Waals surface area (Å²) in [5, 5.41) is 7.57. The van der Waals surface area contributed by atoms with Crippen LogP contribution in [0.2, 0.25) is 0 Å². The molecule has 0 amide bonds. The molecular weight excluding hydrogens is 354 g/mol. The van der Waals surface area contributed by atoms with Gasteiger partial charge < -0.3 is 15.0 Å². The molecule has 1 atom stereocenters. The van der Waals surface area contributed by atoms with Crippen LogP contribution in [-0.2, 0) is 9.53 Å². The van der Waals surface area contributed by atoms with Crippen molar-refractivity contribution in [1.29, 1.82) is 0 Å². The minimum absolute atomic E-state index is 0.00969. The number of anilines is 2. The predicted molar refractivity (Wildman–Crippen MR) is 108 cm³/mol. The number of rotatable bonds is 4. The van der Waals surface area contributed by atoms with Crippen LogP contribution in [0.15, 0.2) is 41.9 Å². The molecule has 1 aromatic heterocycles. The van der Waals surface area contributed by atoms with Crippen LogP contribution in [-0.4, -0.2) is 40.9 Å². The topological polar surface area (TPSA) is 72.3 Å². The molecule has 1 aliphatic carbocycles. The number of hydrogen-bond donors (Lipinski definition) is 1. The highest BCUT2D eigenvalue weighted by molar-refractivity contribution is 5.92. The molecule has 7 heteroatoms. The summed E-state index contributed by atoms with van der Waals surface area (Å²) in [6.45, 7) is 1.90. The van der Waals surface area contributed by atoms with Crippen LogP contribution in [0.5, 0.6) is 0 Å². The average molecular weight is 381 g/mol. The number of allylic oxidation sites excluding steroid dienone is 1. The van der Waals surface area contributed by atoms with Crippen molar-refractivity contribution >= 4 is 17.6 Å². The fourth-order valence-corrected chi connectivity index (χ4v) is 4.02. The van der Waals surface area contributed by atoms with Gasteiger partial charge in [-0.2, -0.15) is 10.1 Å². The first kappa shape index (κ1) is 18.5. The number of nitrogens with one attached hydrogen (secondary N) is 1. The highest BCUT2D eigenvalue weighted by Crippen LogP contribution is 2.36. The summed E-state index contributed by atoms with van der Waals surface area (Å²) < 4.78 is 7.66. The fourth-order valence-electron chi connectivity index (χ4n) is 4.02. The van der Waals surface area contributed by atoms with Crippen molar-refractivity contribution in [1.82, 2.24) is 14.8 Å².